The molecule has 0 spiro atoms. The number of hydrogen-bond donors (Lipinski definition) is 2. The Hall–Kier alpha value is -3.22. The van der Waals surface area contributed by atoms with Gasteiger partial charge in [0.15, 0.2) is 0 Å². The van der Waals surface area contributed by atoms with E-state index in [4.69, 9.17) is 4.74 Å². The first-order chi connectivity index (χ1) is 13.5. The Kier molecular flexibility index (Phi) is 6.37. The van der Waals surface area contributed by atoms with Crippen LogP contribution in [0.4, 0.5) is 16.2 Å². The zero-order valence-electron chi connectivity index (χ0n) is 16.3. The van der Waals surface area contributed by atoms with Crippen LogP contribution in [0, 0.1) is 0 Å². The molecule has 2 aromatic carbocycles. The van der Waals surface area contributed by atoms with Crippen LogP contribution in [-0.4, -0.2) is 50.1 Å². The fraction of sp³-hybridized carbons (Fsp3) is 0.333. The second-order valence-corrected chi connectivity index (χ2v) is 6.71. The number of urea groups is 1. The minimum Gasteiger partial charge on any atom is -0.497 e. The summed E-state index contributed by atoms with van der Waals surface area (Å²) in [5, 5.41) is 5.74. The molecule has 0 aromatic heterocycles. The number of nitrogens with one attached hydrogen (secondary N) is 2. The first kappa shape index (κ1) is 19.5. The molecule has 148 valence electrons. The number of benzene rings is 2. The molecule has 1 fully saturated rings. The molecule has 1 aliphatic rings. The highest BCUT2D eigenvalue weighted by molar-refractivity contribution is 5.88. The lowest BCUT2D eigenvalue weighted by Crippen LogP contribution is -2.51. The van der Waals surface area contributed by atoms with Gasteiger partial charge in [-0.2, -0.15) is 0 Å². The molecule has 2 N–H and O–H groups in total. The topological polar surface area (TPSA) is 73.9 Å². The van der Waals surface area contributed by atoms with Gasteiger partial charge in [0.1, 0.15) is 5.75 Å². The Morgan fingerprint density at radius 2 is 1.61 bits per heavy atom. The van der Waals surface area contributed by atoms with E-state index in [0.717, 1.165) is 35.8 Å². The quantitative estimate of drug-likeness (QED) is 0.834. The average Bonchev–Trinajstić information content (AvgIpc) is 2.72. The number of hydrogen-bond acceptors (Lipinski definition) is 4. The van der Waals surface area contributed by atoms with E-state index < -0.39 is 0 Å². The summed E-state index contributed by atoms with van der Waals surface area (Å²) in [6, 6.07) is 15.4. The van der Waals surface area contributed by atoms with Crippen LogP contribution in [0.15, 0.2) is 48.5 Å². The molecule has 0 bridgehead atoms. The van der Waals surface area contributed by atoms with Crippen molar-refractivity contribution in [2.24, 2.45) is 0 Å². The van der Waals surface area contributed by atoms with Crippen molar-refractivity contribution in [3.63, 3.8) is 0 Å². The second-order valence-electron chi connectivity index (χ2n) is 6.71. The van der Waals surface area contributed by atoms with Crippen LogP contribution in [0.1, 0.15) is 12.5 Å². The van der Waals surface area contributed by atoms with Gasteiger partial charge in [-0.1, -0.05) is 12.1 Å². The molecule has 0 aliphatic carbocycles. The highest BCUT2D eigenvalue weighted by Crippen LogP contribution is 2.19. The van der Waals surface area contributed by atoms with Crippen LogP contribution in [0.25, 0.3) is 0 Å². The maximum absolute atomic E-state index is 12.4. The Balaban J connectivity index is 1.46. The fourth-order valence-electron chi connectivity index (χ4n) is 3.16. The maximum Gasteiger partial charge on any atom is 0.317 e. The van der Waals surface area contributed by atoms with Crippen molar-refractivity contribution >= 4 is 23.3 Å². The highest BCUT2D eigenvalue weighted by atomic mass is 16.5. The summed E-state index contributed by atoms with van der Waals surface area (Å²) >= 11 is 0. The van der Waals surface area contributed by atoms with Crippen molar-refractivity contribution in [1.82, 2.24) is 10.2 Å². The van der Waals surface area contributed by atoms with E-state index in [1.54, 1.807) is 7.11 Å². The van der Waals surface area contributed by atoms with Crippen LogP contribution in [-0.2, 0) is 11.3 Å². The lowest BCUT2D eigenvalue weighted by atomic mass is 10.2. The smallest absolute Gasteiger partial charge is 0.317 e. The molecule has 3 rings (SSSR count). The number of piperazine rings is 1. The summed E-state index contributed by atoms with van der Waals surface area (Å²) in [4.78, 5) is 27.6. The highest BCUT2D eigenvalue weighted by Gasteiger charge is 2.21. The molecule has 3 amide bonds. The SMILES string of the molecule is COc1ccc(CNC(=O)N2CCN(c3ccc(NC(C)=O)cc3)CC2)cc1. The van der Waals surface area contributed by atoms with Crippen molar-refractivity contribution in [3.05, 3.63) is 54.1 Å². The molecule has 0 atom stereocenters. The Bertz CT molecular complexity index is 797. The third-order valence-electron chi connectivity index (χ3n) is 4.72. The van der Waals surface area contributed by atoms with E-state index >= 15 is 0 Å². The summed E-state index contributed by atoms with van der Waals surface area (Å²) in [6.07, 6.45) is 0. The predicted molar refractivity (Wildman–Crippen MR) is 110 cm³/mol. The van der Waals surface area contributed by atoms with Crippen LogP contribution < -0.4 is 20.3 Å². The molecule has 1 heterocycles. The molecule has 0 saturated carbocycles. The first-order valence-electron chi connectivity index (χ1n) is 9.33. The lowest BCUT2D eigenvalue weighted by Gasteiger charge is -2.36. The van der Waals surface area contributed by atoms with Gasteiger partial charge < -0.3 is 25.2 Å². The van der Waals surface area contributed by atoms with Gasteiger partial charge in [0, 0.05) is 51.0 Å². The summed E-state index contributed by atoms with van der Waals surface area (Å²) in [5.41, 5.74) is 2.91. The van der Waals surface area contributed by atoms with Crippen LogP contribution >= 0.6 is 0 Å². The third kappa shape index (κ3) is 5.16. The number of amides is 3. The van der Waals surface area contributed by atoms with Crippen molar-refractivity contribution in [3.8, 4) is 5.75 Å². The third-order valence-corrected chi connectivity index (χ3v) is 4.72. The monoisotopic (exact) mass is 382 g/mol. The van der Waals surface area contributed by atoms with E-state index in [-0.39, 0.29) is 11.9 Å². The van der Waals surface area contributed by atoms with Gasteiger partial charge in [-0.15, -0.1) is 0 Å². The number of carbonyl (C=O) groups excluding carboxylic acids is 2. The van der Waals surface area contributed by atoms with Gasteiger partial charge in [0.25, 0.3) is 0 Å². The van der Waals surface area contributed by atoms with E-state index in [1.165, 1.54) is 6.92 Å². The van der Waals surface area contributed by atoms with Crippen molar-refractivity contribution in [2.45, 2.75) is 13.5 Å². The van der Waals surface area contributed by atoms with Gasteiger partial charge >= 0.3 is 6.03 Å². The van der Waals surface area contributed by atoms with Gasteiger partial charge in [0.05, 0.1) is 7.11 Å². The first-order valence-corrected chi connectivity index (χ1v) is 9.33. The average molecular weight is 382 g/mol. The lowest BCUT2D eigenvalue weighted by molar-refractivity contribution is -0.114. The van der Waals surface area contributed by atoms with E-state index in [2.05, 4.69) is 15.5 Å². The molecule has 1 saturated heterocycles. The fourth-order valence-corrected chi connectivity index (χ4v) is 3.16. The van der Waals surface area contributed by atoms with E-state index in [9.17, 15) is 9.59 Å². The number of anilines is 2. The predicted octanol–water partition coefficient (Wildman–Crippen LogP) is 2.69. The van der Waals surface area contributed by atoms with E-state index in [0.29, 0.717) is 19.6 Å². The molecular formula is C21H26N4O3. The van der Waals surface area contributed by atoms with Gasteiger partial charge in [-0.25, -0.2) is 4.79 Å². The van der Waals surface area contributed by atoms with Crippen LogP contribution in [0.5, 0.6) is 5.75 Å². The standard InChI is InChI=1S/C21H26N4O3/c1-16(26)23-18-5-7-19(8-6-18)24-11-13-25(14-12-24)21(27)22-15-17-3-9-20(28-2)10-4-17/h3-10H,11-15H2,1-2H3,(H,22,27)(H,23,26). The second kappa shape index (κ2) is 9.12. The zero-order valence-corrected chi connectivity index (χ0v) is 16.3. The molecule has 2 aromatic rings. The molecule has 1 aliphatic heterocycles. The van der Waals surface area contributed by atoms with Gasteiger partial charge in [0.2, 0.25) is 5.91 Å². The summed E-state index contributed by atoms with van der Waals surface area (Å²) < 4.78 is 5.14. The van der Waals surface area contributed by atoms with Crippen molar-refractivity contribution in [1.29, 1.82) is 0 Å². The molecule has 0 radical (unpaired) electrons. The normalized spacial score (nSPS) is 13.8. The maximum atomic E-state index is 12.4. The Morgan fingerprint density at radius 3 is 2.18 bits per heavy atom. The Labute approximate surface area is 165 Å². The molecule has 7 nitrogen and oxygen atoms in total. The summed E-state index contributed by atoms with van der Waals surface area (Å²) in [6.45, 7) is 4.87. The van der Waals surface area contributed by atoms with E-state index in [1.807, 2.05) is 53.4 Å². The molecule has 28 heavy (non-hydrogen) atoms. The largest absolute Gasteiger partial charge is 0.497 e. The minimum atomic E-state index is -0.0815. The molecule has 7 heteroatoms. The van der Waals surface area contributed by atoms with Crippen molar-refractivity contribution in [2.75, 3.05) is 43.5 Å². The Morgan fingerprint density at radius 1 is 0.964 bits per heavy atom. The summed E-state index contributed by atoms with van der Waals surface area (Å²) in [7, 11) is 1.63. The van der Waals surface area contributed by atoms with Gasteiger partial charge in [-0.05, 0) is 42.0 Å². The molecular weight excluding hydrogens is 356 g/mol. The minimum absolute atomic E-state index is 0.0449. The van der Waals surface area contributed by atoms with Crippen LogP contribution in [0.3, 0.4) is 0 Å². The number of rotatable bonds is 5. The number of carbonyl (C=O) groups is 2. The number of methoxy groups -OCH3 is 1. The number of nitrogens with zero attached hydrogens (tertiary/aromatic N) is 2. The van der Waals surface area contributed by atoms with Crippen LogP contribution in [0.2, 0.25) is 0 Å². The van der Waals surface area contributed by atoms with Gasteiger partial charge in [-0.3, -0.25) is 4.79 Å². The summed E-state index contributed by atoms with van der Waals surface area (Å²) in [5.74, 6) is 0.721. The number of ether oxygens (including phenoxy) is 1. The van der Waals surface area contributed by atoms with Crippen molar-refractivity contribution < 1.29 is 14.3 Å². The zero-order chi connectivity index (χ0) is 19.9. The molecule has 0 unspecified atom stereocenters.